The Labute approximate surface area is 360 Å². The first-order valence-corrected chi connectivity index (χ1v) is 23.0. The van der Waals surface area contributed by atoms with Gasteiger partial charge in [-0.2, -0.15) is 0 Å². The number of fused-ring (bicyclic) bond motifs is 6. The van der Waals surface area contributed by atoms with E-state index in [1.165, 1.54) is 37.0 Å². The minimum Gasteiger partial charge on any atom is -0.457 e. The van der Waals surface area contributed by atoms with Gasteiger partial charge in [0.05, 0.1) is 33.4 Å². The van der Waals surface area contributed by atoms with Crippen molar-refractivity contribution in [1.82, 2.24) is 19.1 Å². The SMILES string of the molecule is Cn1c(-c2cccc(Oc3ccc4c(c3)N(c3ccccn3)c3cc5c(cc3[Si]4(c3ccccc3)c3ccccc3)c3ccccc3n5-c3ccccc3)c2)nc2ccccc21. The van der Waals surface area contributed by atoms with Crippen LogP contribution in [0.15, 0.2) is 219 Å². The van der Waals surface area contributed by atoms with Crippen molar-refractivity contribution < 1.29 is 4.74 Å². The van der Waals surface area contributed by atoms with E-state index in [-0.39, 0.29) is 0 Å². The molecule has 0 radical (unpaired) electrons. The Balaban J connectivity index is 1.13. The van der Waals surface area contributed by atoms with E-state index in [4.69, 9.17) is 14.7 Å². The molecule has 8 aromatic carbocycles. The number of nitrogens with zero attached hydrogens (tertiary/aromatic N) is 5. The van der Waals surface area contributed by atoms with Crippen LogP contribution < -0.4 is 30.4 Å². The molecular formula is C55H39N5OSi. The van der Waals surface area contributed by atoms with E-state index in [9.17, 15) is 0 Å². The van der Waals surface area contributed by atoms with Gasteiger partial charge >= 0.3 is 0 Å². The lowest BCUT2D eigenvalue weighted by molar-refractivity contribution is 0.483. The van der Waals surface area contributed by atoms with Gasteiger partial charge in [0.2, 0.25) is 0 Å². The number of aromatic nitrogens is 4. The van der Waals surface area contributed by atoms with Gasteiger partial charge in [-0.1, -0.05) is 133 Å². The third kappa shape index (κ3) is 5.49. The Morgan fingerprint density at radius 2 is 1.15 bits per heavy atom. The summed E-state index contributed by atoms with van der Waals surface area (Å²) in [6.45, 7) is 0. The molecule has 294 valence electrons. The molecule has 1 aliphatic rings. The van der Waals surface area contributed by atoms with Crippen LogP contribution in [-0.4, -0.2) is 27.2 Å². The zero-order valence-electron chi connectivity index (χ0n) is 33.9. The highest BCUT2D eigenvalue weighted by Gasteiger charge is 2.49. The first-order valence-electron chi connectivity index (χ1n) is 21.0. The molecule has 1 aliphatic heterocycles. The van der Waals surface area contributed by atoms with Crippen molar-refractivity contribution in [2.45, 2.75) is 0 Å². The number of ether oxygens (including phenoxy) is 1. The standard InChI is InChI=1S/C55H39N5OSi/c1-58-48-29-14-12-27-46(48)57-55(58)38-18-17-21-40(34-38)61-41-31-32-52-50(35-41)60(54-30-15-16-33-56-54)51-37-49-45(44-26-11-13-28-47(44)59(49)39-19-5-2-6-20-39)36-53(51)62(52,42-22-7-3-8-23-42)43-24-9-4-10-25-43/h2-37H,1H3. The number of aryl methyl sites for hydroxylation is 1. The Hall–Kier alpha value is -8.00. The fourth-order valence-corrected chi connectivity index (χ4v) is 14.9. The molecule has 0 amide bonds. The van der Waals surface area contributed by atoms with Crippen molar-refractivity contribution in [1.29, 1.82) is 0 Å². The van der Waals surface area contributed by atoms with Gasteiger partial charge in [0, 0.05) is 41.3 Å². The predicted octanol–water partition coefficient (Wildman–Crippen LogP) is 10.7. The monoisotopic (exact) mass is 813 g/mol. The second kappa shape index (κ2) is 14.3. The molecule has 0 N–H and O–H groups in total. The van der Waals surface area contributed by atoms with E-state index in [1.807, 2.05) is 30.5 Å². The number of imidazole rings is 1. The fraction of sp³-hybridized carbons (Fsp3) is 0.0182. The van der Waals surface area contributed by atoms with Crippen LogP contribution in [0.25, 0.3) is 49.9 Å². The van der Waals surface area contributed by atoms with E-state index in [2.05, 4.69) is 209 Å². The van der Waals surface area contributed by atoms with E-state index in [0.29, 0.717) is 0 Å². The number of pyridine rings is 1. The van der Waals surface area contributed by atoms with Crippen LogP contribution in [-0.2, 0) is 7.05 Å². The molecule has 0 spiro atoms. The minimum atomic E-state index is -3.06. The summed E-state index contributed by atoms with van der Waals surface area (Å²) in [6, 6.07) is 76.0. The number of para-hydroxylation sites is 4. The second-order valence-corrected chi connectivity index (χ2v) is 19.6. The highest BCUT2D eigenvalue weighted by atomic mass is 28.3. The summed E-state index contributed by atoms with van der Waals surface area (Å²) in [4.78, 5) is 12.4. The van der Waals surface area contributed by atoms with Crippen LogP contribution in [0.1, 0.15) is 0 Å². The Morgan fingerprint density at radius 1 is 0.484 bits per heavy atom. The van der Waals surface area contributed by atoms with Crippen LogP contribution in [0, 0.1) is 0 Å². The highest BCUT2D eigenvalue weighted by molar-refractivity contribution is 7.21. The van der Waals surface area contributed by atoms with Crippen LogP contribution in [0.5, 0.6) is 11.5 Å². The molecule has 6 nitrogen and oxygen atoms in total. The van der Waals surface area contributed by atoms with Crippen LogP contribution in [0.3, 0.4) is 0 Å². The molecular weight excluding hydrogens is 775 g/mol. The lowest BCUT2D eigenvalue weighted by Gasteiger charge is -2.44. The number of hydrogen-bond acceptors (Lipinski definition) is 4. The molecule has 11 aromatic rings. The molecule has 0 aliphatic carbocycles. The topological polar surface area (TPSA) is 48.1 Å². The molecule has 12 rings (SSSR count). The van der Waals surface area contributed by atoms with Crippen LogP contribution in [0.4, 0.5) is 17.2 Å². The van der Waals surface area contributed by atoms with Crippen molar-refractivity contribution in [3.63, 3.8) is 0 Å². The zero-order valence-corrected chi connectivity index (χ0v) is 34.9. The summed E-state index contributed by atoms with van der Waals surface area (Å²) in [5.74, 6) is 3.19. The average Bonchev–Trinajstić information content (AvgIpc) is 3.85. The zero-order chi connectivity index (χ0) is 41.2. The van der Waals surface area contributed by atoms with Gasteiger partial charge in [0.25, 0.3) is 0 Å². The number of hydrogen-bond donors (Lipinski definition) is 0. The molecule has 0 saturated heterocycles. The van der Waals surface area contributed by atoms with Gasteiger partial charge in [0.1, 0.15) is 23.1 Å². The van der Waals surface area contributed by atoms with Gasteiger partial charge < -0.3 is 13.9 Å². The van der Waals surface area contributed by atoms with Crippen molar-refractivity contribution >= 4 is 78.9 Å². The molecule has 4 heterocycles. The normalized spacial score (nSPS) is 13.0. The molecule has 62 heavy (non-hydrogen) atoms. The molecule has 0 unspecified atom stereocenters. The highest BCUT2D eigenvalue weighted by Crippen LogP contribution is 2.43. The van der Waals surface area contributed by atoms with E-state index in [1.54, 1.807) is 0 Å². The fourth-order valence-electron chi connectivity index (χ4n) is 9.83. The van der Waals surface area contributed by atoms with E-state index < -0.39 is 8.07 Å². The first-order chi connectivity index (χ1) is 30.7. The van der Waals surface area contributed by atoms with Crippen molar-refractivity contribution in [3.8, 4) is 28.6 Å². The molecule has 0 bridgehead atoms. The quantitative estimate of drug-likeness (QED) is 0.150. The summed E-state index contributed by atoms with van der Waals surface area (Å²) < 4.78 is 11.4. The van der Waals surface area contributed by atoms with E-state index in [0.717, 1.165) is 62.3 Å². The van der Waals surface area contributed by atoms with Gasteiger partial charge in [-0.05, 0) is 93.5 Å². The maximum absolute atomic E-state index is 6.89. The molecule has 3 aromatic heterocycles. The molecule has 0 fully saturated rings. The largest absolute Gasteiger partial charge is 0.457 e. The Morgan fingerprint density at radius 3 is 1.89 bits per heavy atom. The summed E-state index contributed by atoms with van der Waals surface area (Å²) in [6.07, 6.45) is 1.88. The molecule has 0 saturated carbocycles. The van der Waals surface area contributed by atoms with Gasteiger partial charge in [0.15, 0.2) is 8.07 Å². The Kier molecular flexibility index (Phi) is 8.30. The summed E-state index contributed by atoms with van der Waals surface area (Å²) in [7, 11) is -0.998. The van der Waals surface area contributed by atoms with Gasteiger partial charge in [-0.3, -0.25) is 4.90 Å². The average molecular weight is 814 g/mol. The lowest BCUT2D eigenvalue weighted by atomic mass is 10.1. The van der Waals surface area contributed by atoms with E-state index >= 15 is 0 Å². The van der Waals surface area contributed by atoms with Crippen molar-refractivity contribution in [2.75, 3.05) is 4.90 Å². The maximum Gasteiger partial charge on any atom is 0.184 e. The smallest absolute Gasteiger partial charge is 0.184 e. The summed E-state index contributed by atoms with van der Waals surface area (Å²) in [5, 5.41) is 7.63. The first kappa shape index (κ1) is 35.9. The summed E-state index contributed by atoms with van der Waals surface area (Å²) in [5.41, 5.74) is 8.60. The maximum atomic E-state index is 6.89. The molecule has 0 atom stereocenters. The summed E-state index contributed by atoms with van der Waals surface area (Å²) >= 11 is 0. The van der Waals surface area contributed by atoms with Gasteiger partial charge in [-0.15, -0.1) is 0 Å². The van der Waals surface area contributed by atoms with Gasteiger partial charge in [-0.25, -0.2) is 9.97 Å². The number of rotatable bonds is 7. The number of benzene rings is 8. The minimum absolute atomic E-state index is 0.735. The second-order valence-electron chi connectivity index (χ2n) is 15.9. The lowest BCUT2D eigenvalue weighted by Crippen LogP contribution is -2.77. The van der Waals surface area contributed by atoms with Crippen molar-refractivity contribution in [3.05, 3.63) is 219 Å². The van der Waals surface area contributed by atoms with Crippen LogP contribution in [0.2, 0.25) is 0 Å². The van der Waals surface area contributed by atoms with Crippen LogP contribution >= 0.6 is 0 Å². The molecule has 7 heteroatoms. The third-order valence-electron chi connectivity index (χ3n) is 12.5. The van der Waals surface area contributed by atoms with Crippen molar-refractivity contribution in [2.24, 2.45) is 7.05 Å². The predicted molar refractivity (Wildman–Crippen MR) is 257 cm³/mol. The Bertz CT molecular complexity index is 3420. The number of anilines is 3. The third-order valence-corrected chi connectivity index (χ3v) is 17.3.